The summed E-state index contributed by atoms with van der Waals surface area (Å²) in [7, 11) is 0. The molecular formula is C24H24O6. The smallest absolute Gasteiger partial charge is 0.336 e. The molecule has 0 unspecified atom stereocenters. The van der Waals surface area contributed by atoms with E-state index < -0.39 is 23.3 Å². The maximum absolute atomic E-state index is 12.8. The summed E-state index contributed by atoms with van der Waals surface area (Å²) in [5, 5.41) is 32.3. The van der Waals surface area contributed by atoms with Crippen LogP contribution >= 0.6 is 0 Å². The number of aromatic hydroxyl groups is 2. The van der Waals surface area contributed by atoms with Crippen molar-refractivity contribution < 1.29 is 24.5 Å². The molecule has 0 aliphatic heterocycles. The third-order valence-electron chi connectivity index (χ3n) is 5.04. The van der Waals surface area contributed by atoms with E-state index in [9.17, 15) is 24.9 Å². The lowest BCUT2D eigenvalue weighted by molar-refractivity contribution is 0.0979. The average Bonchev–Trinajstić information content (AvgIpc) is 2.71. The number of aliphatic hydroxyl groups excluding tert-OH is 1. The van der Waals surface area contributed by atoms with Crippen molar-refractivity contribution in [1.29, 1.82) is 0 Å². The van der Waals surface area contributed by atoms with Crippen molar-refractivity contribution >= 4 is 16.8 Å². The highest BCUT2D eigenvalue weighted by Gasteiger charge is 2.28. The number of fused-ring (bicyclic) bond motifs is 1. The molecule has 0 aliphatic carbocycles. The highest BCUT2D eigenvalue weighted by molar-refractivity contribution is 6.13. The van der Waals surface area contributed by atoms with E-state index in [1.165, 1.54) is 6.07 Å². The lowest BCUT2D eigenvalue weighted by Gasteiger charge is -2.18. The summed E-state index contributed by atoms with van der Waals surface area (Å²) in [4.78, 5) is 25.1. The fourth-order valence-electron chi connectivity index (χ4n) is 3.44. The van der Waals surface area contributed by atoms with Crippen molar-refractivity contribution in [2.24, 2.45) is 0 Å². The number of ketones is 1. The lowest BCUT2D eigenvalue weighted by Crippen LogP contribution is -2.13. The molecule has 0 bridgehead atoms. The van der Waals surface area contributed by atoms with E-state index in [1.807, 2.05) is 13.0 Å². The highest BCUT2D eigenvalue weighted by atomic mass is 16.4. The maximum Gasteiger partial charge on any atom is 0.336 e. The van der Waals surface area contributed by atoms with Gasteiger partial charge in [0.25, 0.3) is 0 Å². The Morgan fingerprint density at radius 2 is 1.83 bits per heavy atom. The normalized spacial score (nSPS) is 12.1. The molecule has 0 spiro atoms. The van der Waals surface area contributed by atoms with Crippen LogP contribution in [-0.4, -0.2) is 27.2 Å². The first-order valence-electron chi connectivity index (χ1n) is 9.72. The Labute approximate surface area is 173 Å². The summed E-state index contributed by atoms with van der Waals surface area (Å²) in [6, 6.07) is 10.1. The van der Waals surface area contributed by atoms with E-state index in [-0.39, 0.29) is 40.7 Å². The van der Waals surface area contributed by atoms with Crippen LogP contribution in [0.2, 0.25) is 0 Å². The van der Waals surface area contributed by atoms with Gasteiger partial charge in [-0.3, -0.25) is 4.79 Å². The Morgan fingerprint density at radius 3 is 2.43 bits per heavy atom. The SMILES string of the molecule is C=C(C)[C@@H](O)Cc1c(O)c(C(=O)CCC)c2oc(=O)cc(-c3ccccc3)c2c1O. The third-order valence-corrected chi connectivity index (χ3v) is 5.04. The second-order valence-corrected chi connectivity index (χ2v) is 7.34. The fourth-order valence-corrected chi connectivity index (χ4v) is 3.44. The molecule has 6 nitrogen and oxygen atoms in total. The first-order valence-corrected chi connectivity index (χ1v) is 9.72. The lowest BCUT2D eigenvalue weighted by atomic mass is 9.90. The first kappa shape index (κ1) is 21.3. The zero-order chi connectivity index (χ0) is 22.0. The average molecular weight is 408 g/mol. The highest BCUT2D eigenvalue weighted by Crippen LogP contribution is 2.44. The van der Waals surface area contributed by atoms with Gasteiger partial charge in [-0.05, 0) is 18.9 Å². The second-order valence-electron chi connectivity index (χ2n) is 7.34. The largest absolute Gasteiger partial charge is 0.507 e. The summed E-state index contributed by atoms with van der Waals surface area (Å²) < 4.78 is 5.32. The number of rotatable bonds is 7. The van der Waals surface area contributed by atoms with Gasteiger partial charge in [-0.2, -0.15) is 0 Å². The van der Waals surface area contributed by atoms with Crippen LogP contribution in [0.3, 0.4) is 0 Å². The molecule has 3 rings (SSSR count). The summed E-state index contributed by atoms with van der Waals surface area (Å²) in [6.07, 6.45) is -0.547. The minimum absolute atomic E-state index is 0.00323. The fraction of sp³-hybridized carbons (Fsp3) is 0.250. The van der Waals surface area contributed by atoms with Gasteiger partial charge < -0.3 is 19.7 Å². The number of Topliss-reactive ketones (excluding diaryl/α,β-unsaturated/α-hetero) is 1. The number of hydrogen-bond acceptors (Lipinski definition) is 6. The molecule has 0 saturated heterocycles. The van der Waals surface area contributed by atoms with Crippen LogP contribution in [0.5, 0.6) is 11.5 Å². The van der Waals surface area contributed by atoms with Crippen molar-refractivity contribution in [2.75, 3.05) is 0 Å². The van der Waals surface area contributed by atoms with Crippen LogP contribution in [0, 0.1) is 0 Å². The van der Waals surface area contributed by atoms with E-state index in [1.54, 1.807) is 31.2 Å². The van der Waals surface area contributed by atoms with Crippen molar-refractivity contribution in [2.45, 2.75) is 39.2 Å². The van der Waals surface area contributed by atoms with Crippen LogP contribution in [0.1, 0.15) is 42.6 Å². The number of phenols is 2. The second kappa shape index (κ2) is 8.55. The van der Waals surface area contributed by atoms with Crippen LogP contribution in [0.4, 0.5) is 0 Å². The molecule has 0 saturated carbocycles. The first-order chi connectivity index (χ1) is 14.3. The molecule has 6 heteroatoms. The zero-order valence-corrected chi connectivity index (χ0v) is 16.9. The third kappa shape index (κ3) is 3.86. The Balaban J connectivity index is 2.46. The number of aliphatic hydroxyl groups is 1. The minimum Gasteiger partial charge on any atom is -0.507 e. The summed E-state index contributed by atoms with van der Waals surface area (Å²) in [5.74, 6) is -1.26. The molecule has 0 aliphatic rings. The summed E-state index contributed by atoms with van der Waals surface area (Å²) >= 11 is 0. The van der Waals surface area contributed by atoms with Crippen LogP contribution < -0.4 is 5.63 Å². The molecule has 0 radical (unpaired) electrons. The van der Waals surface area contributed by atoms with Crippen LogP contribution in [-0.2, 0) is 6.42 Å². The Bertz CT molecular complexity index is 1170. The monoisotopic (exact) mass is 408 g/mol. The van der Waals surface area contributed by atoms with Gasteiger partial charge in [0.1, 0.15) is 17.1 Å². The Morgan fingerprint density at radius 1 is 1.17 bits per heavy atom. The molecule has 0 amide bonds. The molecule has 2 aromatic carbocycles. The molecule has 30 heavy (non-hydrogen) atoms. The molecule has 1 heterocycles. The van der Waals surface area contributed by atoms with E-state index in [2.05, 4.69) is 6.58 Å². The van der Waals surface area contributed by atoms with Gasteiger partial charge in [0.05, 0.1) is 11.5 Å². The molecule has 3 aromatic rings. The van der Waals surface area contributed by atoms with E-state index >= 15 is 0 Å². The van der Waals surface area contributed by atoms with E-state index in [0.29, 0.717) is 23.1 Å². The Hall–Kier alpha value is -3.38. The zero-order valence-electron chi connectivity index (χ0n) is 16.9. The standard InChI is InChI=1S/C24H24O6/c1-4-8-17(25)21-23(29)16(11-18(26)13(2)3)22(28)20-15(12-19(27)30-24(20)21)14-9-6-5-7-10-14/h5-7,9-10,12,18,26,28-29H,2,4,8,11H2,1,3H3/t18-/m0/s1. The predicted molar refractivity (Wildman–Crippen MR) is 115 cm³/mol. The van der Waals surface area contributed by atoms with Gasteiger partial charge >= 0.3 is 5.63 Å². The minimum atomic E-state index is -1.04. The summed E-state index contributed by atoms with van der Waals surface area (Å²) in [5.41, 5.74) is 0.418. The van der Waals surface area contributed by atoms with Crippen LogP contribution in [0.25, 0.3) is 22.1 Å². The molecule has 1 aromatic heterocycles. The van der Waals surface area contributed by atoms with Crippen LogP contribution in [0.15, 0.2) is 57.8 Å². The van der Waals surface area contributed by atoms with E-state index in [0.717, 1.165) is 0 Å². The molecule has 1 atom stereocenters. The number of carbonyl (C=O) groups excluding carboxylic acids is 1. The van der Waals surface area contributed by atoms with Crippen molar-refractivity contribution in [3.05, 3.63) is 70.1 Å². The predicted octanol–water partition coefficient (Wildman–Crippen LogP) is 4.33. The van der Waals surface area contributed by atoms with Crippen molar-refractivity contribution in [3.8, 4) is 22.6 Å². The number of phenolic OH excluding ortho intramolecular Hbond substituents is 2. The maximum atomic E-state index is 12.8. The van der Waals surface area contributed by atoms with Gasteiger partial charge in [0.2, 0.25) is 0 Å². The van der Waals surface area contributed by atoms with Gasteiger partial charge in [-0.25, -0.2) is 4.79 Å². The van der Waals surface area contributed by atoms with Gasteiger partial charge in [0.15, 0.2) is 11.4 Å². The number of hydrogen-bond donors (Lipinski definition) is 3. The molecule has 156 valence electrons. The Kier molecular flexibility index (Phi) is 6.08. The molecular weight excluding hydrogens is 384 g/mol. The quantitative estimate of drug-likeness (QED) is 0.305. The molecule has 3 N–H and O–H groups in total. The van der Waals surface area contributed by atoms with Crippen molar-refractivity contribution in [3.63, 3.8) is 0 Å². The van der Waals surface area contributed by atoms with Gasteiger partial charge in [-0.15, -0.1) is 0 Å². The van der Waals surface area contributed by atoms with Gasteiger partial charge in [0, 0.05) is 30.0 Å². The number of benzene rings is 2. The summed E-state index contributed by atoms with van der Waals surface area (Å²) in [6.45, 7) is 7.13. The van der Waals surface area contributed by atoms with E-state index in [4.69, 9.17) is 4.42 Å². The topological polar surface area (TPSA) is 108 Å². The number of carbonyl (C=O) groups is 1. The van der Waals surface area contributed by atoms with Gasteiger partial charge in [-0.1, -0.05) is 49.4 Å². The van der Waals surface area contributed by atoms with Crippen molar-refractivity contribution in [1.82, 2.24) is 0 Å². The molecule has 0 fully saturated rings.